The lowest BCUT2D eigenvalue weighted by Crippen LogP contribution is -2.45. The van der Waals surface area contributed by atoms with Gasteiger partial charge in [0.15, 0.2) is 6.04 Å². The van der Waals surface area contributed by atoms with Crippen molar-refractivity contribution in [1.82, 2.24) is 15.5 Å². The van der Waals surface area contributed by atoms with Crippen LogP contribution in [0.15, 0.2) is 48.5 Å². The summed E-state index contributed by atoms with van der Waals surface area (Å²) in [7, 11) is 0. The minimum atomic E-state index is -1.31. The second-order valence-corrected chi connectivity index (χ2v) is 8.37. The number of para-hydroxylation sites is 1. The molecule has 0 heterocycles. The maximum absolute atomic E-state index is 13.2. The van der Waals surface area contributed by atoms with Crippen LogP contribution < -0.4 is 10.6 Å². The zero-order chi connectivity index (χ0) is 24.6. The Hall–Kier alpha value is -3.99. The Labute approximate surface area is 193 Å². The fraction of sp³-hybridized carbons (Fsp3) is 0.320. The Bertz CT molecular complexity index is 1040. The lowest BCUT2D eigenvalue weighted by molar-refractivity contribution is -0.136. The number of ether oxygens (including phenoxy) is 1. The third-order valence-electron chi connectivity index (χ3n) is 4.57. The molecule has 0 fully saturated rings. The molecular weight excluding hydrogens is 422 g/mol. The van der Waals surface area contributed by atoms with Crippen molar-refractivity contribution in [2.45, 2.75) is 45.9 Å². The van der Waals surface area contributed by atoms with Gasteiger partial charge in [0, 0.05) is 18.2 Å². The van der Waals surface area contributed by atoms with Gasteiger partial charge in [-0.3, -0.25) is 14.5 Å². The third kappa shape index (κ3) is 7.28. The van der Waals surface area contributed by atoms with Gasteiger partial charge in [-0.25, -0.2) is 4.79 Å². The molecule has 0 saturated heterocycles. The van der Waals surface area contributed by atoms with Crippen molar-refractivity contribution in [3.63, 3.8) is 0 Å². The van der Waals surface area contributed by atoms with Crippen molar-refractivity contribution in [1.29, 1.82) is 0 Å². The number of hydrogen-bond acceptors (Lipinski definition) is 5. The molecule has 0 radical (unpaired) electrons. The zero-order valence-electron chi connectivity index (χ0n) is 19.2. The van der Waals surface area contributed by atoms with E-state index in [2.05, 4.69) is 16.7 Å². The van der Waals surface area contributed by atoms with E-state index in [1.54, 1.807) is 39.8 Å². The van der Waals surface area contributed by atoms with Crippen LogP contribution in [0, 0.1) is 19.4 Å². The van der Waals surface area contributed by atoms with E-state index in [0.29, 0.717) is 5.56 Å². The Morgan fingerprint density at radius 3 is 2.36 bits per heavy atom. The van der Waals surface area contributed by atoms with Gasteiger partial charge in [0.25, 0.3) is 5.91 Å². The lowest BCUT2D eigenvalue weighted by Gasteiger charge is -2.27. The molecule has 1 unspecified atom stereocenters. The summed E-state index contributed by atoms with van der Waals surface area (Å²) in [6.07, 6.45) is 4.81. The molecule has 0 bridgehead atoms. The number of aryl methyl sites for hydroxylation is 1. The highest BCUT2D eigenvalue weighted by Crippen LogP contribution is 2.31. The number of aromatic hydroxyl groups is 1. The number of nitrogens with one attached hydrogen (secondary N) is 2. The summed E-state index contributed by atoms with van der Waals surface area (Å²) >= 11 is 0. The van der Waals surface area contributed by atoms with Crippen molar-refractivity contribution >= 4 is 17.9 Å². The molecule has 8 nitrogen and oxygen atoms in total. The maximum Gasteiger partial charge on any atom is 0.408 e. The van der Waals surface area contributed by atoms with E-state index in [4.69, 9.17) is 11.2 Å². The van der Waals surface area contributed by atoms with Gasteiger partial charge in [-0.15, -0.1) is 0 Å². The minimum absolute atomic E-state index is 0.148. The van der Waals surface area contributed by atoms with Gasteiger partial charge in [0.05, 0.1) is 0 Å². The van der Waals surface area contributed by atoms with E-state index in [9.17, 15) is 19.5 Å². The van der Waals surface area contributed by atoms with Crippen molar-refractivity contribution in [3.8, 4) is 18.2 Å². The normalized spacial score (nSPS) is 11.6. The van der Waals surface area contributed by atoms with Gasteiger partial charge in [0.1, 0.15) is 17.9 Å². The number of hydrogen-bond donors (Lipinski definition) is 3. The van der Waals surface area contributed by atoms with E-state index < -0.39 is 36.1 Å². The highest BCUT2D eigenvalue weighted by atomic mass is 16.6. The molecule has 3 amide bonds. The summed E-state index contributed by atoms with van der Waals surface area (Å²) in [5, 5.41) is 15.7. The van der Waals surface area contributed by atoms with E-state index >= 15 is 0 Å². The summed E-state index contributed by atoms with van der Waals surface area (Å²) < 4.78 is 5.12. The van der Waals surface area contributed by atoms with Crippen LogP contribution in [-0.2, 0) is 20.9 Å². The standard InChI is InChI=1S/C25H29N3O5/c1-6-28(20(29)16-27-24(32)33-25(3,4)5)21(19-14-10-11-17(2)22(19)30)23(31)26-15-18-12-8-7-9-13-18/h1,7-14,21,30H,15-16H2,2-5H3,(H,26,31)(H,27,32). The monoisotopic (exact) mass is 451 g/mol. The minimum Gasteiger partial charge on any atom is -0.507 e. The number of carbonyl (C=O) groups excluding carboxylic acids is 3. The molecule has 8 heteroatoms. The van der Waals surface area contributed by atoms with E-state index in [0.717, 1.165) is 10.5 Å². The predicted octanol–water partition coefficient (Wildman–Crippen LogP) is 3.00. The van der Waals surface area contributed by atoms with Crippen LogP contribution >= 0.6 is 0 Å². The third-order valence-corrected chi connectivity index (χ3v) is 4.57. The molecular formula is C25H29N3O5. The van der Waals surface area contributed by atoms with E-state index in [1.807, 2.05) is 30.3 Å². The van der Waals surface area contributed by atoms with E-state index in [-0.39, 0.29) is 17.9 Å². The summed E-state index contributed by atoms with van der Waals surface area (Å²) in [6, 6.07) is 15.0. The lowest BCUT2D eigenvalue weighted by atomic mass is 10.00. The van der Waals surface area contributed by atoms with Gasteiger partial charge in [-0.05, 0) is 38.8 Å². The molecule has 2 rings (SSSR count). The average molecular weight is 452 g/mol. The van der Waals surface area contributed by atoms with Gasteiger partial charge in [-0.1, -0.05) is 55.0 Å². The maximum atomic E-state index is 13.2. The van der Waals surface area contributed by atoms with E-state index in [1.165, 1.54) is 6.07 Å². The quantitative estimate of drug-likeness (QED) is 0.443. The highest BCUT2D eigenvalue weighted by molar-refractivity contribution is 5.92. The van der Waals surface area contributed by atoms with Gasteiger partial charge < -0.3 is 20.5 Å². The molecule has 3 N–H and O–H groups in total. The van der Waals surface area contributed by atoms with Crippen molar-refractivity contribution < 1.29 is 24.2 Å². The number of nitrogens with zero attached hydrogens (tertiary/aromatic N) is 1. The number of rotatable bonds is 7. The van der Waals surface area contributed by atoms with Crippen LogP contribution in [0.1, 0.15) is 43.5 Å². The van der Waals surface area contributed by atoms with Gasteiger partial charge >= 0.3 is 6.09 Å². The molecule has 0 aromatic heterocycles. The van der Waals surface area contributed by atoms with Gasteiger partial charge in [-0.2, -0.15) is 0 Å². The second-order valence-electron chi connectivity index (χ2n) is 8.37. The zero-order valence-corrected chi connectivity index (χ0v) is 19.2. The fourth-order valence-corrected chi connectivity index (χ4v) is 3.02. The molecule has 174 valence electrons. The number of benzene rings is 2. The smallest absolute Gasteiger partial charge is 0.408 e. The number of terminal acetylenes is 1. The van der Waals surface area contributed by atoms with Crippen molar-refractivity contribution in [2.75, 3.05) is 6.54 Å². The van der Waals surface area contributed by atoms with Gasteiger partial charge in [0.2, 0.25) is 5.91 Å². The molecule has 2 aromatic carbocycles. The Kier molecular flexibility index (Phi) is 8.46. The first-order chi connectivity index (χ1) is 15.5. The molecule has 1 atom stereocenters. The van der Waals surface area contributed by atoms with Crippen LogP contribution in [0.3, 0.4) is 0 Å². The molecule has 0 spiro atoms. The summed E-state index contributed by atoms with van der Waals surface area (Å²) in [5.41, 5.74) is 0.795. The average Bonchev–Trinajstić information content (AvgIpc) is 2.76. The molecule has 0 aliphatic heterocycles. The number of carbonyl (C=O) groups is 3. The van der Waals surface area contributed by atoms with Crippen LogP contribution in [0.25, 0.3) is 0 Å². The van der Waals surface area contributed by atoms with Crippen LogP contribution in [-0.4, -0.2) is 40.1 Å². The molecule has 0 aliphatic rings. The number of phenols is 1. The van der Waals surface area contributed by atoms with Crippen molar-refractivity contribution in [2.24, 2.45) is 0 Å². The van der Waals surface area contributed by atoms with Crippen LogP contribution in [0.2, 0.25) is 0 Å². The van der Waals surface area contributed by atoms with Crippen LogP contribution in [0.5, 0.6) is 5.75 Å². The predicted molar refractivity (Wildman–Crippen MR) is 124 cm³/mol. The van der Waals surface area contributed by atoms with Crippen LogP contribution in [0.4, 0.5) is 4.79 Å². The Morgan fingerprint density at radius 1 is 1.09 bits per heavy atom. The summed E-state index contributed by atoms with van der Waals surface area (Å²) in [6.45, 7) is 6.45. The Balaban J connectivity index is 2.27. The highest BCUT2D eigenvalue weighted by Gasteiger charge is 2.33. The second kappa shape index (κ2) is 11.0. The number of phenolic OH excluding ortho intramolecular Hbond substituents is 1. The fourth-order valence-electron chi connectivity index (χ4n) is 3.02. The number of amides is 3. The Morgan fingerprint density at radius 2 is 1.76 bits per heavy atom. The first kappa shape index (κ1) is 25.3. The topological polar surface area (TPSA) is 108 Å². The molecule has 33 heavy (non-hydrogen) atoms. The first-order valence-electron chi connectivity index (χ1n) is 10.4. The largest absolute Gasteiger partial charge is 0.507 e. The summed E-state index contributed by atoms with van der Waals surface area (Å²) in [5.74, 6) is -1.45. The molecule has 0 aliphatic carbocycles. The summed E-state index contributed by atoms with van der Waals surface area (Å²) in [4.78, 5) is 38.9. The molecule has 0 saturated carbocycles. The number of alkyl carbamates (subject to hydrolysis) is 1. The first-order valence-corrected chi connectivity index (χ1v) is 10.4. The SMILES string of the molecule is C#CN(C(=O)CNC(=O)OC(C)(C)C)C(C(=O)NCc1ccccc1)c1cccc(C)c1O. The van der Waals surface area contributed by atoms with Crippen molar-refractivity contribution in [3.05, 3.63) is 65.2 Å². The molecule has 2 aromatic rings.